The number of amidine groups is 1. The molecule has 0 unspecified atom stereocenters. The van der Waals surface area contributed by atoms with Gasteiger partial charge in [0.05, 0.1) is 16.6 Å². The number of aryl methyl sites for hydroxylation is 3. The second-order valence-electron chi connectivity index (χ2n) is 12.2. The van der Waals surface area contributed by atoms with Gasteiger partial charge in [0.15, 0.2) is 0 Å². The van der Waals surface area contributed by atoms with Gasteiger partial charge in [-0.25, -0.2) is 4.98 Å². The van der Waals surface area contributed by atoms with Crippen molar-refractivity contribution >= 4 is 22.8 Å². The van der Waals surface area contributed by atoms with Crippen LogP contribution in [-0.2, 0) is 32.1 Å². The Kier molecular flexibility index (Phi) is 13.0. The SMILES string of the molecule is CCCCCCCCCCn1c(CCc2ccc(C(=N)N)cc2)nc2cc(C(=O)N(CCN)Cc3cccc(C(F)(F)F)c3)ccc21. The highest BCUT2D eigenvalue weighted by atomic mass is 19.4. The predicted octanol–water partition coefficient (Wildman–Crippen LogP) is 7.87. The summed E-state index contributed by atoms with van der Waals surface area (Å²) in [7, 11) is 0. The topological polar surface area (TPSA) is 114 Å². The second kappa shape index (κ2) is 17.1. The van der Waals surface area contributed by atoms with Crippen molar-refractivity contribution in [3.05, 3.63) is 100 Å². The highest BCUT2D eigenvalue weighted by Crippen LogP contribution is 2.30. The number of carbonyl (C=O) groups is 1. The third-order valence-corrected chi connectivity index (χ3v) is 8.53. The van der Waals surface area contributed by atoms with Crippen LogP contribution in [0.2, 0.25) is 0 Å². The van der Waals surface area contributed by atoms with E-state index in [1.54, 1.807) is 18.2 Å². The Morgan fingerprint density at radius 1 is 0.872 bits per heavy atom. The van der Waals surface area contributed by atoms with Crippen LogP contribution in [0.15, 0.2) is 66.7 Å². The van der Waals surface area contributed by atoms with Crippen LogP contribution in [0.3, 0.4) is 0 Å². The third kappa shape index (κ3) is 10.2. The summed E-state index contributed by atoms with van der Waals surface area (Å²) in [6.07, 6.45) is 6.72. The first kappa shape index (κ1) is 35.7. The maximum atomic E-state index is 13.7. The number of nitrogens with one attached hydrogen (secondary N) is 1. The quantitative estimate of drug-likeness (QED) is 0.0579. The zero-order chi connectivity index (χ0) is 33.8. The number of aromatic nitrogens is 2. The molecule has 0 spiro atoms. The lowest BCUT2D eigenvalue weighted by molar-refractivity contribution is -0.137. The van der Waals surface area contributed by atoms with Crippen LogP contribution >= 0.6 is 0 Å². The van der Waals surface area contributed by atoms with Gasteiger partial charge >= 0.3 is 6.18 Å². The molecule has 0 aliphatic heterocycles. The van der Waals surface area contributed by atoms with Crippen molar-refractivity contribution in [2.45, 2.75) is 90.4 Å². The molecular weight excluding hydrogens is 601 g/mol. The van der Waals surface area contributed by atoms with Crippen molar-refractivity contribution < 1.29 is 18.0 Å². The Bertz CT molecular complexity index is 1610. The van der Waals surface area contributed by atoms with Crippen LogP contribution in [-0.4, -0.2) is 39.3 Å². The van der Waals surface area contributed by atoms with E-state index in [9.17, 15) is 18.0 Å². The number of unbranched alkanes of at least 4 members (excludes halogenated alkanes) is 7. The van der Waals surface area contributed by atoms with E-state index >= 15 is 0 Å². The number of fused-ring (bicyclic) bond motifs is 1. The van der Waals surface area contributed by atoms with E-state index in [-0.39, 0.29) is 31.4 Å². The predicted molar refractivity (Wildman–Crippen MR) is 182 cm³/mol. The summed E-state index contributed by atoms with van der Waals surface area (Å²) >= 11 is 0. The summed E-state index contributed by atoms with van der Waals surface area (Å²) in [6.45, 7) is 3.44. The van der Waals surface area contributed by atoms with Crippen molar-refractivity contribution in [3.63, 3.8) is 0 Å². The number of imidazole rings is 1. The maximum absolute atomic E-state index is 13.7. The molecule has 7 nitrogen and oxygen atoms in total. The Labute approximate surface area is 275 Å². The zero-order valence-electron chi connectivity index (χ0n) is 27.3. The van der Waals surface area contributed by atoms with Crippen molar-refractivity contribution in [2.24, 2.45) is 11.5 Å². The van der Waals surface area contributed by atoms with E-state index in [1.807, 2.05) is 30.3 Å². The molecule has 0 aliphatic carbocycles. The molecule has 47 heavy (non-hydrogen) atoms. The summed E-state index contributed by atoms with van der Waals surface area (Å²) in [5, 5.41) is 7.64. The highest BCUT2D eigenvalue weighted by Gasteiger charge is 2.30. The molecule has 1 heterocycles. The number of nitrogens with zero attached hydrogens (tertiary/aromatic N) is 3. The fraction of sp³-hybridized carbons (Fsp3) is 0.432. The molecule has 3 aromatic carbocycles. The molecule has 0 fully saturated rings. The second-order valence-corrected chi connectivity index (χ2v) is 12.2. The lowest BCUT2D eigenvalue weighted by atomic mass is 10.1. The van der Waals surface area contributed by atoms with Gasteiger partial charge in [0.25, 0.3) is 5.91 Å². The van der Waals surface area contributed by atoms with Crippen LogP contribution in [0.4, 0.5) is 13.2 Å². The molecule has 0 saturated carbocycles. The van der Waals surface area contributed by atoms with E-state index in [1.165, 1.54) is 49.5 Å². The molecular formula is C37H47F3N6O. The number of hydrogen-bond donors (Lipinski definition) is 3. The smallest absolute Gasteiger partial charge is 0.384 e. The van der Waals surface area contributed by atoms with Crippen molar-refractivity contribution in [3.8, 4) is 0 Å². The average Bonchev–Trinajstić information content (AvgIpc) is 3.40. The molecule has 0 atom stereocenters. The van der Waals surface area contributed by atoms with Crippen LogP contribution in [0, 0.1) is 5.41 Å². The highest BCUT2D eigenvalue weighted by molar-refractivity contribution is 5.97. The molecule has 0 bridgehead atoms. The molecule has 0 saturated heterocycles. The molecule has 10 heteroatoms. The Balaban J connectivity index is 1.54. The first-order chi connectivity index (χ1) is 22.6. The number of alkyl halides is 3. The van der Waals surface area contributed by atoms with Gasteiger partial charge in [-0.15, -0.1) is 0 Å². The molecule has 5 N–H and O–H groups in total. The first-order valence-electron chi connectivity index (χ1n) is 16.7. The van der Waals surface area contributed by atoms with Crippen LogP contribution < -0.4 is 11.5 Å². The zero-order valence-corrected chi connectivity index (χ0v) is 27.3. The Morgan fingerprint density at radius 3 is 2.21 bits per heavy atom. The molecule has 0 aliphatic rings. The standard InChI is InChI=1S/C37H47F3N6O/c1-2-3-4-5-6-7-8-9-22-46-33-19-18-30(25-32(33)44-34(46)20-15-27-13-16-29(17-14-27)35(42)43)36(47)45(23-21-41)26-28-11-10-12-31(24-28)37(38,39)40/h10-14,16-19,24-25H,2-9,15,20-23,26,41H2,1H3,(H3,42,43). The number of amides is 1. The fourth-order valence-corrected chi connectivity index (χ4v) is 5.92. The largest absolute Gasteiger partial charge is 0.416 e. The van der Waals surface area contributed by atoms with E-state index < -0.39 is 11.7 Å². The van der Waals surface area contributed by atoms with Crippen molar-refractivity contribution in [2.75, 3.05) is 13.1 Å². The summed E-state index contributed by atoms with van der Waals surface area (Å²) in [6, 6.07) is 18.2. The first-order valence-corrected chi connectivity index (χ1v) is 16.7. The van der Waals surface area contributed by atoms with E-state index in [0.717, 1.165) is 54.8 Å². The van der Waals surface area contributed by atoms with Gasteiger partial charge in [-0.05, 0) is 54.3 Å². The van der Waals surface area contributed by atoms with Crippen LogP contribution in [0.25, 0.3) is 11.0 Å². The molecule has 1 amide bonds. The molecule has 252 valence electrons. The minimum atomic E-state index is -4.47. The Hall–Kier alpha value is -4.18. The summed E-state index contributed by atoms with van der Waals surface area (Å²) in [5.74, 6) is 0.666. The monoisotopic (exact) mass is 648 g/mol. The number of carbonyl (C=O) groups excluding carboxylic acids is 1. The van der Waals surface area contributed by atoms with Gasteiger partial charge in [-0.2, -0.15) is 13.2 Å². The maximum Gasteiger partial charge on any atom is 0.416 e. The summed E-state index contributed by atoms with van der Waals surface area (Å²) in [5.41, 5.74) is 14.9. The molecule has 0 radical (unpaired) electrons. The normalized spacial score (nSPS) is 11.7. The van der Waals surface area contributed by atoms with E-state index in [4.69, 9.17) is 21.9 Å². The van der Waals surface area contributed by atoms with Gasteiger partial charge in [0, 0.05) is 43.7 Å². The minimum Gasteiger partial charge on any atom is -0.384 e. The van der Waals surface area contributed by atoms with Gasteiger partial charge < -0.3 is 20.9 Å². The Morgan fingerprint density at radius 2 is 1.55 bits per heavy atom. The molecule has 1 aromatic heterocycles. The summed E-state index contributed by atoms with van der Waals surface area (Å²) in [4.78, 5) is 20.1. The van der Waals surface area contributed by atoms with Gasteiger partial charge in [-0.3, -0.25) is 10.2 Å². The van der Waals surface area contributed by atoms with Crippen molar-refractivity contribution in [1.82, 2.24) is 14.5 Å². The molecule has 4 aromatic rings. The number of nitrogen functional groups attached to an aromatic ring is 1. The summed E-state index contributed by atoms with van der Waals surface area (Å²) < 4.78 is 42.2. The van der Waals surface area contributed by atoms with E-state index in [2.05, 4.69) is 11.5 Å². The van der Waals surface area contributed by atoms with Gasteiger partial charge in [0.2, 0.25) is 0 Å². The number of halogens is 3. The van der Waals surface area contributed by atoms with Crippen LogP contribution in [0.1, 0.15) is 96.7 Å². The average molecular weight is 649 g/mol. The number of nitrogens with two attached hydrogens (primary N) is 2. The van der Waals surface area contributed by atoms with E-state index in [0.29, 0.717) is 28.6 Å². The minimum absolute atomic E-state index is 0.0124. The van der Waals surface area contributed by atoms with Gasteiger partial charge in [-0.1, -0.05) is 88.3 Å². The van der Waals surface area contributed by atoms with Crippen LogP contribution in [0.5, 0.6) is 0 Å². The molecule has 4 rings (SSSR count). The van der Waals surface area contributed by atoms with Gasteiger partial charge in [0.1, 0.15) is 11.7 Å². The third-order valence-electron chi connectivity index (χ3n) is 8.53. The number of rotatable bonds is 18. The fourth-order valence-electron chi connectivity index (χ4n) is 5.92. The number of hydrogen-bond acceptors (Lipinski definition) is 4. The lowest BCUT2D eigenvalue weighted by Gasteiger charge is -2.23. The lowest BCUT2D eigenvalue weighted by Crippen LogP contribution is -2.35. The van der Waals surface area contributed by atoms with Crippen molar-refractivity contribution in [1.29, 1.82) is 5.41 Å². The number of benzene rings is 3.